The first-order valence-corrected chi connectivity index (χ1v) is 8.32. The number of azide groups is 2. The zero-order chi connectivity index (χ0) is 17.2. The number of hydrogen-bond acceptors (Lipinski definition) is 8. The van der Waals surface area contributed by atoms with Crippen LogP contribution >= 0.6 is 21.6 Å². The summed E-state index contributed by atoms with van der Waals surface area (Å²) in [4.78, 5) is 28.5. The van der Waals surface area contributed by atoms with Crippen LogP contribution in [0.3, 0.4) is 0 Å². The third-order valence-electron chi connectivity index (χ3n) is 2.54. The van der Waals surface area contributed by atoms with Crippen molar-refractivity contribution in [3.05, 3.63) is 20.9 Å². The summed E-state index contributed by atoms with van der Waals surface area (Å²) < 4.78 is 9.19. The van der Waals surface area contributed by atoms with Crippen molar-refractivity contribution in [1.82, 2.24) is 0 Å². The summed E-state index contributed by atoms with van der Waals surface area (Å²) in [7, 11) is 4.76. The van der Waals surface area contributed by atoms with E-state index in [0.717, 1.165) is 0 Å². The number of hydrogen-bond donors (Lipinski definition) is 0. The number of ether oxygens (including phenoxy) is 2. The van der Waals surface area contributed by atoms with Gasteiger partial charge in [0.1, 0.15) is 0 Å². The average molecular weight is 348 g/mol. The molecule has 0 radical (unpaired) electrons. The topological polar surface area (TPSA) is 150 Å². The minimum atomic E-state index is -1.36. The van der Waals surface area contributed by atoms with Crippen LogP contribution in [0.2, 0.25) is 0 Å². The standard InChI is InChI=1S/C10H16N6O4S2/c1-9(13-15-11,7(17)19-3)5-21-22-6-10(2,14-16-12)8(18)20-4/h5-6H2,1-4H3/t9-,10-/m0/s1. The summed E-state index contributed by atoms with van der Waals surface area (Å²) >= 11 is 0. The van der Waals surface area contributed by atoms with E-state index in [1.165, 1.54) is 49.7 Å². The van der Waals surface area contributed by atoms with Gasteiger partial charge in [-0.15, -0.1) is 0 Å². The molecule has 0 saturated heterocycles. The Morgan fingerprint density at radius 3 is 1.50 bits per heavy atom. The molecular formula is C10H16N6O4S2. The van der Waals surface area contributed by atoms with E-state index in [1.54, 1.807) is 0 Å². The Balaban J connectivity index is 4.74. The molecule has 0 aromatic heterocycles. The van der Waals surface area contributed by atoms with E-state index < -0.39 is 23.0 Å². The van der Waals surface area contributed by atoms with Gasteiger partial charge in [-0.25, -0.2) is 0 Å². The fourth-order valence-corrected chi connectivity index (χ4v) is 4.06. The van der Waals surface area contributed by atoms with Gasteiger partial charge < -0.3 is 9.47 Å². The first-order valence-electron chi connectivity index (χ1n) is 5.83. The maximum absolute atomic E-state index is 11.6. The molecule has 0 amide bonds. The molecule has 12 heteroatoms. The molecule has 0 aliphatic rings. The van der Waals surface area contributed by atoms with Gasteiger partial charge in [0.25, 0.3) is 0 Å². The molecule has 0 N–H and O–H groups in total. The third-order valence-corrected chi connectivity index (χ3v) is 5.28. The minimum absolute atomic E-state index is 0.127. The molecule has 0 rings (SSSR count). The smallest absolute Gasteiger partial charge is 0.318 e. The van der Waals surface area contributed by atoms with E-state index in [9.17, 15) is 9.59 Å². The van der Waals surface area contributed by atoms with E-state index in [1.807, 2.05) is 0 Å². The number of carbonyl (C=O) groups excluding carboxylic acids is 2. The highest BCUT2D eigenvalue weighted by molar-refractivity contribution is 8.76. The molecule has 0 aliphatic carbocycles. The van der Waals surface area contributed by atoms with Crippen LogP contribution in [0, 0.1) is 0 Å². The third kappa shape index (κ3) is 5.57. The lowest BCUT2D eigenvalue weighted by atomic mass is 10.1. The highest BCUT2D eigenvalue weighted by Crippen LogP contribution is 2.32. The number of methoxy groups -OCH3 is 2. The molecule has 0 fully saturated rings. The minimum Gasteiger partial charge on any atom is -0.468 e. The maximum atomic E-state index is 11.6. The molecule has 0 saturated carbocycles. The fourth-order valence-electron chi connectivity index (χ4n) is 1.21. The Morgan fingerprint density at radius 2 is 1.27 bits per heavy atom. The summed E-state index contributed by atoms with van der Waals surface area (Å²) in [5.74, 6) is -1.07. The fraction of sp³-hybridized carbons (Fsp3) is 0.800. The Kier molecular flexibility index (Phi) is 8.58. The van der Waals surface area contributed by atoms with Crippen LogP contribution in [0.5, 0.6) is 0 Å². The lowest BCUT2D eigenvalue weighted by Crippen LogP contribution is -2.37. The molecule has 0 unspecified atom stereocenters. The van der Waals surface area contributed by atoms with Crippen molar-refractivity contribution in [2.45, 2.75) is 24.9 Å². The Morgan fingerprint density at radius 1 is 0.955 bits per heavy atom. The second-order valence-electron chi connectivity index (χ2n) is 4.43. The van der Waals surface area contributed by atoms with Crippen LogP contribution in [0.25, 0.3) is 20.9 Å². The van der Waals surface area contributed by atoms with Gasteiger partial charge in [-0.3, -0.25) is 9.59 Å². The first kappa shape index (κ1) is 20.3. The Hall–Kier alpha value is -1.74. The zero-order valence-corrected chi connectivity index (χ0v) is 14.2. The number of esters is 2. The predicted octanol–water partition coefficient (Wildman–Crippen LogP) is 2.85. The first-order chi connectivity index (χ1) is 10.3. The van der Waals surface area contributed by atoms with E-state index in [0.29, 0.717) is 0 Å². The molecule has 0 bridgehead atoms. The summed E-state index contributed by atoms with van der Waals surface area (Å²) in [6.45, 7) is 2.89. The van der Waals surface area contributed by atoms with E-state index in [2.05, 4.69) is 29.5 Å². The normalized spacial score (nSPS) is 15.3. The maximum Gasteiger partial charge on any atom is 0.318 e. The zero-order valence-electron chi connectivity index (χ0n) is 12.5. The van der Waals surface area contributed by atoms with Crippen molar-refractivity contribution in [2.75, 3.05) is 25.7 Å². The molecule has 2 atom stereocenters. The van der Waals surface area contributed by atoms with Gasteiger partial charge >= 0.3 is 11.9 Å². The Labute approximate surface area is 134 Å². The van der Waals surface area contributed by atoms with E-state index in [-0.39, 0.29) is 11.5 Å². The number of nitrogens with zero attached hydrogens (tertiary/aromatic N) is 6. The number of rotatable bonds is 9. The van der Waals surface area contributed by atoms with Crippen molar-refractivity contribution >= 4 is 33.5 Å². The molecule has 0 aliphatic heterocycles. The van der Waals surface area contributed by atoms with Crippen LogP contribution in [0.15, 0.2) is 10.2 Å². The quantitative estimate of drug-likeness (QED) is 0.156. The monoisotopic (exact) mass is 348 g/mol. The highest BCUT2D eigenvalue weighted by atomic mass is 33.1. The molecular weight excluding hydrogens is 332 g/mol. The van der Waals surface area contributed by atoms with Gasteiger partial charge in [0, 0.05) is 21.3 Å². The summed E-state index contributed by atoms with van der Waals surface area (Å²) in [6.07, 6.45) is 0. The number of carbonyl (C=O) groups is 2. The summed E-state index contributed by atoms with van der Waals surface area (Å²) in [6, 6.07) is 0. The lowest BCUT2D eigenvalue weighted by Gasteiger charge is -2.22. The van der Waals surface area contributed by atoms with Crippen LogP contribution in [0.1, 0.15) is 13.8 Å². The molecule has 22 heavy (non-hydrogen) atoms. The van der Waals surface area contributed by atoms with Gasteiger partial charge in [-0.05, 0) is 24.9 Å². The predicted molar refractivity (Wildman–Crippen MR) is 84.1 cm³/mol. The summed E-state index contributed by atoms with van der Waals surface area (Å²) in [5, 5.41) is 6.89. The molecule has 10 nitrogen and oxygen atoms in total. The van der Waals surface area contributed by atoms with Crippen LogP contribution < -0.4 is 0 Å². The Bertz CT molecular complexity index is 474. The van der Waals surface area contributed by atoms with E-state index >= 15 is 0 Å². The highest BCUT2D eigenvalue weighted by Gasteiger charge is 2.36. The van der Waals surface area contributed by atoms with Crippen molar-refractivity contribution in [3.8, 4) is 0 Å². The van der Waals surface area contributed by atoms with Gasteiger partial charge in [-0.2, -0.15) is 0 Å². The van der Waals surface area contributed by atoms with Crippen molar-refractivity contribution in [2.24, 2.45) is 10.2 Å². The van der Waals surface area contributed by atoms with Crippen molar-refractivity contribution < 1.29 is 19.1 Å². The SMILES string of the molecule is COC(=O)[C@](C)(CSSC[C@](C)(N=[N+]=[N-])C(=O)OC)N=[N+]=[N-]. The molecule has 0 spiro atoms. The molecule has 0 aromatic carbocycles. The van der Waals surface area contributed by atoms with Crippen LogP contribution in [-0.4, -0.2) is 48.7 Å². The van der Waals surface area contributed by atoms with Crippen molar-refractivity contribution in [1.29, 1.82) is 0 Å². The van der Waals surface area contributed by atoms with Crippen LogP contribution in [0.4, 0.5) is 0 Å². The van der Waals surface area contributed by atoms with E-state index in [4.69, 9.17) is 11.1 Å². The van der Waals surface area contributed by atoms with Crippen LogP contribution in [-0.2, 0) is 19.1 Å². The largest absolute Gasteiger partial charge is 0.468 e. The molecule has 0 aromatic rings. The molecule has 0 heterocycles. The van der Waals surface area contributed by atoms with Gasteiger partial charge in [0.15, 0.2) is 11.1 Å². The van der Waals surface area contributed by atoms with Gasteiger partial charge in [0.05, 0.1) is 14.2 Å². The second-order valence-corrected chi connectivity index (χ2v) is 6.90. The second kappa shape index (κ2) is 9.31. The lowest BCUT2D eigenvalue weighted by molar-refractivity contribution is -0.146. The average Bonchev–Trinajstić information content (AvgIpc) is 2.50. The van der Waals surface area contributed by atoms with Gasteiger partial charge in [-0.1, -0.05) is 31.8 Å². The van der Waals surface area contributed by atoms with Gasteiger partial charge in [0.2, 0.25) is 0 Å². The summed E-state index contributed by atoms with van der Waals surface area (Å²) in [5.41, 5.74) is 14.3. The molecule has 122 valence electrons. The van der Waals surface area contributed by atoms with Crippen molar-refractivity contribution in [3.63, 3.8) is 0 Å².